The lowest BCUT2D eigenvalue weighted by atomic mass is 10.1. The van der Waals surface area contributed by atoms with Crippen LogP contribution >= 0.6 is 11.8 Å². The van der Waals surface area contributed by atoms with E-state index in [0.717, 1.165) is 18.1 Å². The Morgan fingerprint density at radius 3 is 2.74 bits per heavy atom. The van der Waals surface area contributed by atoms with Crippen molar-refractivity contribution in [3.63, 3.8) is 0 Å². The zero-order chi connectivity index (χ0) is 13.7. The first kappa shape index (κ1) is 14.4. The van der Waals surface area contributed by atoms with Gasteiger partial charge >= 0.3 is 0 Å². The summed E-state index contributed by atoms with van der Waals surface area (Å²) in [5.74, 6) is 2.21. The third kappa shape index (κ3) is 3.98. The topological polar surface area (TPSA) is 32.3 Å². The lowest BCUT2D eigenvalue weighted by Crippen LogP contribution is -2.52. The van der Waals surface area contributed by atoms with Crippen LogP contribution in [0.4, 0.5) is 0 Å². The van der Waals surface area contributed by atoms with Gasteiger partial charge in [0, 0.05) is 30.6 Å². The van der Waals surface area contributed by atoms with Crippen LogP contribution in [0.5, 0.6) is 0 Å². The van der Waals surface area contributed by atoms with Gasteiger partial charge < -0.3 is 10.2 Å². The summed E-state index contributed by atoms with van der Waals surface area (Å²) in [5, 5.41) is 3.33. The molecule has 1 aliphatic rings. The van der Waals surface area contributed by atoms with E-state index in [1.54, 1.807) is 0 Å². The third-order valence-electron chi connectivity index (χ3n) is 3.32. The van der Waals surface area contributed by atoms with E-state index in [0.29, 0.717) is 6.54 Å². The van der Waals surface area contributed by atoms with E-state index >= 15 is 0 Å². The molecule has 104 valence electrons. The molecule has 1 saturated heterocycles. The zero-order valence-corrected chi connectivity index (χ0v) is 12.5. The van der Waals surface area contributed by atoms with Gasteiger partial charge in [0.1, 0.15) is 0 Å². The normalized spacial score (nSPS) is 19.4. The summed E-state index contributed by atoms with van der Waals surface area (Å²) >= 11 is 1.86. The lowest BCUT2D eigenvalue weighted by Gasteiger charge is -2.32. The molecule has 1 N–H and O–H groups in total. The van der Waals surface area contributed by atoms with Gasteiger partial charge in [0.05, 0.1) is 6.04 Å². The molecule has 0 aliphatic carbocycles. The Balaban J connectivity index is 2.04. The van der Waals surface area contributed by atoms with Gasteiger partial charge in [-0.15, -0.1) is 0 Å². The Kier molecular flexibility index (Phi) is 5.28. The second-order valence-corrected chi connectivity index (χ2v) is 6.28. The number of thioether (sulfide) groups is 1. The molecule has 1 amide bonds. The highest BCUT2D eigenvalue weighted by Gasteiger charge is 2.27. The van der Waals surface area contributed by atoms with Gasteiger partial charge in [0.15, 0.2) is 0 Å². The van der Waals surface area contributed by atoms with Crippen LogP contribution in [-0.4, -0.2) is 40.9 Å². The first-order chi connectivity index (χ1) is 9.18. The molecule has 1 fully saturated rings. The smallest absolute Gasteiger partial charge is 0.241 e. The minimum absolute atomic E-state index is 0.0233. The van der Waals surface area contributed by atoms with Crippen molar-refractivity contribution in [1.82, 2.24) is 10.2 Å². The fourth-order valence-corrected chi connectivity index (χ4v) is 3.14. The van der Waals surface area contributed by atoms with Gasteiger partial charge in [0.25, 0.3) is 0 Å². The standard InChI is InChI=1S/C15H22N2OS/c1-12(2)17(10-13-6-4-3-5-7-13)15(18)14-11-19-9-8-16-14/h3-7,12,14,16H,8-11H2,1-2H3. The van der Waals surface area contributed by atoms with Crippen LogP contribution in [0.2, 0.25) is 0 Å². The molecule has 0 radical (unpaired) electrons. The summed E-state index contributed by atoms with van der Waals surface area (Å²) in [6, 6.07) is 10.4. The van der Waals surface area contributed by atoms with E-state index in [1.807, 2.05) is 34.9 Å². The summed E-state index contributed by atoms with van der Waals surface area (Å²) < 4.78 is 0. The fraction of sp³-hybridized carbons (Fsp3) is 0.533. The van der Waals surface area contributed by atoms with E-state index in [1.165, 1.54) is 5.56 Å². The highest BCUT2D eigenvalue weighted by molar-refractivity contribution is 7.99. The second-order valence-electron chi connectivity index (χ2n) is 5.13. The van der Waals surface area contributed by atoms with Crippen LogP contribution in [0, 0.1) is 0 Å². The van der Waals surface area contributed by atoms with Crippen LogP contribution < -0.4 is 5.32 Å². The number of rotatable bonds is 4. The Morgan fingerprint density at radius 2 is 2.16 bits per heavy atom. The van der Waals surface area contributed by atoms with Crippen molar-refractivity contribution in [2.45, 2.75) is 32.5 Å². The predicted octanol–water partition coefficient (Wildman–Crippen LogP) is 2.13. The summed E-state index contributed by atoms with van der Waals surface area (Å²) in [4.78, 5) is 14.6. The molecule has 0 aromatic heterocycles. The predicted molar refractivity (Wildman–Crippen MR) is 81.2 cm³/mol. The quantitative estimate of drug-likeness (QED) is 0.916. The molecule has 19 heavy (non-hydrogen) atoms. The molecule has 0 spiro atoms. The second kappa shape index (κ2) is 6.96. The SMILES string of the molecule is CC(C)N(Cc1ccccc1)C(=O)C1CSCCN1. The summed E-state index contributed by atoms with van der Waals surface area (Å²) in [6.45, 7) is 5.78. The van der Waals surface area contributed by atoms with Gasteiger partial charge in [-0.3, -0.25) is 4.79 Å². The summed E-state index contributed by atoms with van der Waals surface area (Å²) in [5.41, 5.74) is 1.19. The van der Waals surface area contributed by atoms with Crippen molar-refractivity contribution in [2.75, 3.05) is 18.1 Å². The van der Waals surface area contributed by atoms with Crippen LogP contribution in [0.15, 0.2) is 30.3 Å². The molecular weight excluding hydrogens is 256 g/mol. The van der Waals surface area contributed by atoms with Crippen molar-refractivity contribution in [3.8, 4) is 0 Å². The lowest BCUT2D eigenvalue weighted by molar-refractivity contribution is -0.135. The van der Waals surface area contributed by atoms with E-state index in [9.17, 15) is 4.79 Å². The summed E-state index contributed by atoms with van der Waals surface area (Å²) in [6.07, 6.45) is 0. The monoisotopic (exact) mass is 278 g/mol. The van der Waals surface area contributed by atoms with Crippen LogP contribution in [0.1, 0.15) is 19.4 Å². The minimum Gasteiger partial charge on any atom is -0.335 e. The maximum atomic E-state index is 12.6. The number of nitrogens with zero attached hydrogens (tertiary/aromatic N) is 1. The maximum Gasteiger partial charge on any atom is 0.241 e. The Morgan fingerprint density at radius 1 is 1.42 bits per heavy atom. The minimum atomic E-state index is -0.0233. The molecule has 1 aliphatic heterocycles. The molecular formula is C15H22N2OS. The Labute approximate surface area is 119 Å². The van der Waals surface area contributed by atoms with E-state index in [4.69, 9.17) is 0 Å². The fourth-order valence-electron chi connectivity index (χ4n) is 2.22. The molecule has 1 aromatic rings. The average molecular weight is 278 g/mol. The number of carbonyl (C=O) groups is 1. The van der Waals surface area contributed by atoms with Crippen molar-refractivity contribution in [1.29, 1.82) is 0 Å². The highest BCUT2D eigenvalue weighted by atomic mass is 32.2. The number of amides is 1. The average Bonchev–Trinajstić information content (AvgIpc) is 2.46. The van der Waals surface area contributed by atoms with Crippen molar-refractivity contribution >= 4 is 17.7 Å². The van der Waals surface area contributed by atoms with Gasteiger partial charge in [-0.2, -0.15) is 11.8 Å². The first-order valence-corrected chi connectivity index (χ1v) is 7.99. The first-order valence-electron chi connectivity index (χ1n) is 6.84. The van der Waals surface area contributed by atoms with E-state index < -0.39 is 0 Å². The van der Waals surface area contributed by atoms with Crippen molar-refractivity contribution in [3.05, 3.63) is 35.9 Å². The third-order valence-corrected chi connectivity index (χ3v) is 4.38. The van der Waals surface area contributed by atoms with Gasteiger partial charge in [-0.05, 0) is 19.4 Å². The largest absolute Gasteiger partial charge is 0.335 e. The highest BCUT2D eigenvalue weighted by Crippen LogP contribution is 2.14. The van der Waals surface area contributed by atoms with Gasteiger partial charge in [-0.25, -0.2) is 0 Å². The van der Waals surface area contributed by atoms with E-state index in [-0.39, 0.29) is 18.0 Å². The van der Waals surface area contributed by atoms with Gasteiger partial charge in [0.2, 0.25) is 5.91 Å². The number of carbonyl (C=O) groups excluding carboxylic acids is 1. The zero-order valence-electron chi connectivity index (χ0n) is 11.6. The maximum absolute atomic E-state index is 12.6. The van der Waals surface area contributed by atoms with Crippen molar-refractivity contribution in [2.24, 2.45) is 0 Å². The number of nitrogens with one attached hydrogen (secondary N) is 1. The van der Waals surface area contributed by atoms with Crippen LogP contribution in [-0.2, 0) is 11.3 Å². The molecule has 0 saturated carbocycles. The molecule has 1 heterocycles. The number of hydrogen-bond donors (Lipinski definition) is 1. The molecule has 1 unspecified atom stereocenters. The van der Waals surface area contributed by atoms with Crippen LogP contribution in [0.25, 0.3) is 0 Å². The molecule has 3 nitrogen and oxygen atoms in total. The van der Waals surface area contributed by atoms with Crippen LogP contribution in [0.3, 0.4) is 0 Å². The summed E-state index contributed by atoms with van der Waals surface area (Å²) in [7, 11) is 0. The van der Waals surface area contributed by atoms with E-state index in [2.05, 4.69) is 31.3 Å². The molecule has 1 atom stereocenters. The van der Waals surface area contributed by atoms with Crippen molar-refractivity contribution < 1.29 is 4.79 Å². The Hall–Kier alpha value is -1.00. The molecule has 4 heteroatoms. The number of hydrogen-bond acceptors (Lipinski definition) is 3. The van der Waals surface area contributed by atoms with Gasteiger partial charge in [-0.1, -0.05) is 30.3 Å². The molecule has 0 bridgehead atoms. The molecule has 2 rings (SSSR count). The molecule has 1 aromatic carbocycles. The Bertz CT molecular complexity index is 402. The number of benzene rings is 1.